The first-order chi connectivity index (χ1) is 29.7. The molecule has 1 aliphatic heterocycles. The van der Waals surface area contributed by atoms with E-state index >= 15 is 0 Å². The lowest BCUT2D eigenvalue weighted by molar-refractivity contribution is 0.669. The molecule has 1 aliphatic carbocycles. The summed E-state index contributed by atoms with van der Waals surface area (Å²) in [5.41, 5.74) is 15.8. The minimum Gasteiger partial charge on any atom is -0.456 e. The second-order valence-electron chi connectivity index (χ2n) is 15.9. The van der Waals surface area contributed by atoms with E-state index in [2.05, 4.69) is 211 Å². The first-order valence-electron chi connectivity index (χ1n) is 20.7. The van der Waals surface area contributed by atoms with E-state index in [1.165, 1.54) is 55.4 Å². The SMILES string of the molecule is C1=CC2C(C=C1c1ccc3oc4ccccc4c3c1)c1c(ccc3ccccc13)N2c1cc(-c2ccc(-c3ccccc3)cc2)cc(-c2ccc(-c3ccccc3)cc2)n1. The van der Waals surface area contributed by atoms with Crippen molar-refractivity contribution in [1.29, 1.82) is 0 Å². The predicted molar refractivity (Wildman–Crippen MR) is 249 cm³/mol. The van der Waals surface area contributed by atoms with Gasteiger partial charge in [0.25, 0.3) is 0 Å². The summed E-state index contributed by atoms with van der Waals surface area (Å²) in [4.78, 5) is 8.02. The number of allylic oxidation sites excluding steroid dienone is 2. The summed E-state index contributed by atoms with van der Waals surface area (Å²) in [5.74, 6) is 1.03. The van der Waals surface area contributed by atoms with Crippen LogP contribution in [-0.4, -0.2) is 11.0 Å². The van der Waals surface area contributed by atoms with Crippen molar-refractivity contribution >= 4 is 49.8 Å². The molecular formula is C57H38N2O. The van der Waals surface area contributed by atoms with Gasteiger partial charge >= 0.3 is 0 Å². The lowest BCUT2D eigenvalue weighted by Gasteiger charge is -2.29. The number of rotatable bonds is 6. The van der Waals surface area contributed by atoms with Gasteiger partial charge in [-0.25, -0.2) is 4.98 Å². The second-order valence-corrected chi connectivity index (χ2v) is 15.9. The van der Waals surface area contributed by atoms with Gasteiger partial charge in [0.2, 0.25) is 0 Å². The summed E-state index contributed by atoms with van der Waals surface area (Å²) in [7, 11) is 0. The molecule has 0 fully saturated rings. The van der Waals surface area contributed by atoms with Crippen molar-refractivity contribution in [2.75, 3.05) is 4.90 Å². The third-order valence-corrected chi connectivity index (χ3v) is 12.4. The number of nitrogens with zero attached hydrogens (tertiary/aromatic N) is 2. The molecule has 2 aromatic heterocycles. The highest BCUT2D eigenvalue weighted by molar-refractivity contribution is 6.06. The number of furan rings is 1. The van der Waals surface area contributed by atoms with Gasteiger partial charge in [0.05, 0.1) is 11.7 Å². The van der Waals surface area contributed by atoms with E-state index in [0.29, 0.717) is 0 Å². The number of pyridine rings is 1. The zero-order valence-electron chi connectivity index (χ0n) is 32.7. The molecular weight excluding hydrogens is 729 g/mol. The maximum absolute atomic E-state index is 6.21. The van der Waals surface area contributed by atoms with Crippen LogP contribution in [0.3, 0.4) is 0 Å². The molecule has 0 saturated carbocycles. The van der Waals surface area contributed by atoms with Gasteiger partial charge in [0.1, 0.15) is 17.0 Å². The Hall–Kier alpha value is -7.75. The highest BCUT2D eigenvalue weighted by Crippen LogP contribution is 2.52. The third-order valence-electron chi connectivity index (χ3n) is 12.4. The summed E-state index contributed by atoms with van der Waals surface area (Å²) in [6.45, 7) is 0. The van der Waals surface area contributed by atoms with Crippen LogP contribution >= 0.6 is 0 Å². The quantitative estimate of drug-likeness (QED) is 0.169. The number of anilines is 2. The van der Waals surface area contributed by atoms with Gasteiger partial charge in [0, 0.05) is 27.9 Å². The van der Waals surface area contributed by atoms with E-state index in [9.17, 15) is 0 Å². The maximum Gasteiger partial charge on any atom is 0.135 e. The van der Waals surface area contributed by atoms with Crippen LogP contribution in [-0.2, 0) is 0 Å². The van der Waals surface area contributed by atoms with Crippen molar-refractivity contribution in [3.8, 4) is 44.6 Å². The molecule has 0 bridgehead atoms. The van der Waals surface area contributed by atoms with Crippen LogP contribution in [0.4, 0.5) is 11.5 Å². The van der Waals surface area contributed by atoms with Crippen molar-refractivity contribution in [1.82, 2.24) is 4.98 Å². The number of benzene rings is 8. The van der Waals surface area contributed by atoms with Crippen molar-refractivity contribution in [2.24, 2.45) is 0 Å². The Balaban J connectivity index is 1.00. The second kappa shape index (κ2) is 14.0. The van der Waals surface area contributed by atoms with Crippen molar-refractivity contribution in [3.05, 3.63) is 230 Å². The average Bonchev–Trinajstić information content (AvgIpc) is 3.87. The summed E-state index contributed by atoms with van der Waals surface area (Å²) >= 11 is 0. The van der Waals surface area contributed by atoms with Crippen LogP contribution in [0.25, 0.3) is 82.9 Å². The first kappa shape index (κ1) is 34.3. The van der Waals surface area contributed by atoms with Gasteiger partial charge in [-0.15, -0.1) is 0 Å². The highest BCUT2D eigenvalue weighted by Gasteiger charge is 2.40. The topological polar surface area (TPSA) is 29.3 Å². The third kappa shape index (κ3) is 5.78. The predicted octanol–water partition coefficient (Wildman–Crippen LogP) is 15.1. The van der Waals surface area contributed by atoms with E-state index in [1.807, 2.05) is 12.1 Å². The molecule has 3 heteroatoms. The molecule has 2 atom stereocenters. The standard InChI is InChI=1S/C57H38N2O/c1-3-11-37(12-4-1)39-19-21-41(22-20-39)46-35-51(43-25-23-40(24-26-43)38-13-5-2-6-14-38)58-56(36-46)59-52-30-28-44(34-50(52)57-47-16-8-7-15-42(47)27-31-53(57)59)45-29-32-55-49(33-45)48-17-9-10-18-54(48)60-55/h1-36,50,52H. The van der Waals surface area contributed by atoms with E-state index < -0.39 is 0 Å². The van der Waals surface area contributed by atoms with E-state index in [4.69, 9.17) is 9.40 Å². The Kier molecular flexibility index (Phi) is 7.99. The minimum absolute atomic E-state index is 0.0320. The summed E-state index contributed by atoms with van der Waals surface area (Å²) in [5, 5.41) is 4.80. The normalized spacial score (nSPS) is 15.7. The monoisotopic (exact) mass is 766 g/mol. The number of aromatic nitrogens is 1. The summed E-state index contributed by atoms with van der Waals surface area (Å²) < 4.78 is 6.21. The molecule has 0 radical (unpaired) electrons. The molecule has 2 aliphatic rings. The molecule has 3 nitrogen and oxygen atoms in total. The molecule has 0 amide bonds. The number of para-hydroxylation sites is 1. The van der Waals surface area contributed by atoms with Crippen LogP contribution in [0.15, 0.2) is 223 Å². The van der Waals surface area contributed by atoms with Crippen LogP contribution in [0.5, 0.6) is 0 Å². The highest BCUT2D eigenvalue weighted by atomic mass is 16.3. The Bertz CT molecular complexity index is 3200. The van der Waals surface area contributed by atoms with Gasteiger partial charge in [-0.1, -0.05) is 182 Å². The average molecular weight is 767 g/mol. The van der Waals surface area contributed by atoms with E-state index in [-0.39, 0.29) is 12.0 Å². The minimum atomic E-state index is 0.0320. The van der Waals surface area contributed by atoms with Gasteiger partial charge in [-0.05, 0) is 97.3 Å². The van der Waals surface area contributed by atoms with Gasteiger partial charge in [-0.3, -0.25) is 0 Å². The van der Waals surface area contributed by atoms with E-state index in [1.54, 1.807) is 0 Å². The summed E-state index contributed by atoms with van der Waals surface area (Å²) in [6.07, 6.45) is 7.18. The number of hydrogen-bond donors (Lipinski definition) is 0. The lowest BCUT2D eigenvalue weighted by Crippen LogP contribution is -2.29. The molecule has 2 unspecified atom stereocenters. The lowest BCUT2D eigenvalue weighted by atomic mass is 9.84. The van der Waals surface area contributed by atoms with Gasteiger partial charge < -0.3 is 9.32 Å². The Labute approximate surface area is 348 Å². The molecule has 282 valence electrons. The van der Waals surface area contributed by atoms with Crippen LogP contribution < -0.4 is 4.90 Å². The molecule has 10 aromatic rings. The number of fused-ring (bicyclic) bond motifs is 8. The van der Waals surface area contributed by atoms with E-state index in [0.717, 1.165) is 50.1 Å². The largest absolute Gasteiger partial charge is 0.456 e. The number of hydrogen-bond acceptors (Lipinski definition) is 3. The molecule has 0 spiro atoms. The molecule has 3 heterocycles. The van der Waals surface area contributed by atoms with Crippen molar-refractivity contribution in [2.45, 2.75) is 12.0 Å². The van der Waals surface area contributed by atoms with Crippen molar-refractivity contribution < 1.29 is 4.42 Å². The van der Waals surface area contributed by atoms with Gasteiger partial charge in [0.15, 0.2) is 0 Å². The first-order valence-corrected chi connectivity index (χ1v) is 20.7. The van der Waals surface area contributed by atoms with Crippen LogP contribution in [0.1, 0.15) is 17.0 Å². The smallest absolute Gasteiger partial charge is 0.135 e. The molecule has 0 saturated heterocycles. The maximum atomic E-state index is 6.21. The van der Waals surface area contributed by atoms with Gasteiger partial charge in [-0.2, -0.15) is 0 Å². The fourth-order valence-electron chi connectivity index (χ4n) is 9.45. The van der Waals surface area contributed by atoms with Crippen LogP contribution in [0, 0.1) is 0 Å². The summed E-state index contributed by atoms with van der Waals surface area (Å²) in [6, 6.07) is 71.7. The zero-order chi connectivity index (χ0) is 39.6. The Morgan fingerprint density at radius 1 is 0.433 bits per heavy atom. The Morgan fingerprint density at radius 3 is 1.75 bits per heavy atom. The zero-order valence-corrected chi connectivity index (χ0v) is 32.7. The van der Waals surface area contributed by atoms with Crippen molar-refractivity contribution in [3.63, 3.8) is 0 Å². The molecule has 60 heavy (non-hydrogen) atoms. The molecule has 8 aromatic carbocycles. The Morgan fingerprint density at radius 2 is 1.02 bits per heavy atom. The van der Waals surface area contributed by atoms with Crippen LogP contribution in [0.2, 0.25) is 0 Å². The molecule has 12 rings (SSSR count). The fourth-order valence-corrected chi connectivity index (χ4v) is 9.45. The fraction of sp³-hybridized carbons (Fsp3) is 0.0351. The molecule has 0 N–H and O–H groups in total.